The summed E-state index contributed by atoms with van der Waals surface area (Å²) in [5.41, 5.74) is 5.18. The Morgan fingerprint density at radius 1 is 1.28 bits per heavy atom. The third-order valence-corrected chi connectivity index (χ3v) is 3.90. The Hall–Kier alpha value is -3.43. The van der Waals surface area contributed by atoms with Gasteiger partial charge in [-0.1, -0.05) is 6.58 Å². The number of carbonyl (C=O) groups excluding carboxylic acids is 4. The molecule has 0 saturated carbocycles. The zero-order valence-corrected chi connectivity index (χ0v) is 13.1. The lowest BCUT2D eigenvalue weighted by Crippen LogP contribution is -2.45. The summed E-state index contributed by atoms with van der Waals surface area (Å²) in [6, 6.07) is -0.128. The van der Waals surface area contributed by atoms with Crippen molar-refractivity contribution >= 4 is 29.4 Å². The molecule has 25 heavy (non-hydrogen) atoms. The van der Waals surface area contributed by atoms with Gasteiger partial charge in [-0.25, -0.2) is 9.98 Å². The quantitative estimate of drug-likeness (QED) is 0.452. The highest BCUT2D eigenvalue weighted by Crippen LogP contribution is 2.14. The van der Waals surface area contributed by atoms with Crippen molar-refractivity contribution in [3.05, 3.63) is 35.1 Å². The van der Waals surface area contributed by atoms with Crippen LogP contribution in [0.5, 0.6) is 0 Å². The summed E-state index contributed by atoms with van der Waals surface area (Å²) in [5, 5.41) is 2.76. The fourth-order valence-corrected chi connectivity index (χ4v) is 2.74. The van der Waals surface area contributed by atoms with Crippen molar-refractivity contribution in [2.45, 2.75) is 12.5 Å². The van der Waals surface area contributed by atoms with Crippen molar-refractivity contribution < 1.29 is 19.2 Å². The van der Waals surface area contributed by atoms with Gasteiger partial charge in [-0.2, -0.15) is 4.99 Å². The maximum absolute atomic E-state index is 11.6. The van der Waals surface area contributed by atoms with Crippen molar-refractivity contribution in [1.29, 1.82) is 0 Å². The number of primary amides is 1. The van der Waals surface area contributed by atoms with Crippen molar-refractivity contribution in [2.75, 3.05) is 18.0 Å². The van der Waals surface area contributed by atoms with E-state index in [9.17, 15) is 19.2 Å². The van der Waals surface area contributed by atoms with Crippen LogP contribution in [0.25, 0.3) is 0 Å². The number of nitrogens with zero attached hydrogens (tertiary/aromatic N) is 4. The fraction of sp³-hybridized carbons (Fsp3) is 0.267. The maximum atomic E-state index is 11.6. The third-order valence-electron chi connectivity index (χ3n) is 3.90. The number of carbonyl (C=O) groups is 4. The molecule has 0 radical (unpaired) electrons. The fourth-order valence-electron chi connectivity index (χ4n) is 2.74. The summed E-state index contributed by atoms with van der Waals surface area (Å²) < 4.78 is 0. The molecular formula is C15H14N6O4. The van der Waals surface area contributed by atoms with Crippen LogP contribution < -0.4 is 26.7 Å². The number of hydrogen-bond acceptors (Lipinski definition) is 6. The second-order valence-corrected chi connectivity index (χ2v) is 5.54. The van der Waals surface area contributed by atoms with Crippen LogP contribution in [-0.2, 0) is 14.4 Å². The smallest absolute Gasteiger partial charge is 0.338 e. The Morgan fingerprint density at radius 2 is 1.96 bits per heavy atom. The molecular weight excluding hydrogens is 328 g/mol. The van der Waals surface area contributed by atoms with E-state index < -0.39 is 17.7 Å². The molecule has 2 aliphatic heterocycles. The van der Waals surface area contributed by atoms with Gasteiger partial charge in [0.25, 0.3) is 5.91 Å². The summed E-state index contributed by atoms with van der Waals surface area (Å²) >= 11 is 0. The van der Waals surface area contributed by atoms with Crippen molar-refractivity contribution in [1.82, 2.24) is 10.3 Å². The molecule has 10 nitrogen and oxygen atoms in total. The number of rotatable bonds is 4. The number of nitrogens with one attached hydrogen (secondary N) is 1. The van der Waals surface area contributed by atoms with Crippen LogP contribution in [0.3, 0.4) is 0 Å². The number of amides is 4. The van der Waals surface area contributed by atoms with Crippen molar-refractivity contribution in [2.24, 2.45) is 15.7 Å². The molecule has 1 saturated heterocycles. The zero-order valence-electron chi connectivity index (χ0n) is 13.1. The number of anilines is 1. The molecule has 2 aliphatic rings. The second-order valence-electron chi connectivity index (χ2n) is 5.54. The molecule has 0 spiro atoms. The van der Waals surface area contributed by atoms with E-state index in [0.29, 0.717) is 25.3 Å². The van der Waals surface area contributed by atoms with Gasteiger partial charge in [-0.3, -0.25) is 19.2 Å². The summed E-state index contributed by atoms with van der Waals surface area (Å²) in [5.74, 6) is -2.90. The topological polar surface area (TPSA) is 147 Å². The first-order chi connectivity index (χ1) is 11.9. The number of aromatic nitrogens is 1. The molecule has 3 N–H and O–H groups in total. The van der Waals surface area contributed by atoms with Crippen molar-refractivity contribution in [3.8, 4) is 0 Å². The number of pyridine rings is 1. The molecule has 0 unspecified atom stereocenters. The van der Waals surface area contributed by atoms with E-state index in [-0.39, 0.29) is 28.2 Å². The molecule has 4 amide bonds. The van der Waals surface area contributed by atoms with Gasteiger partial charge in [0, 0.05) is 25.3 Å². The predicted molar refractivity (Wildman–Crippen MR) is 84.0 cm³/mol. The van der Waals surface area contributed by atoms with Crippen LogP contribution in [0.15, 0.2) is 28.8 Å². The van der Waals surface area contributed by atoms with Crippen LogP contribution >= 0.6 is 0 Å². The van der Waals surface area contributed by atoms with Crippen LogP contribution in [0, 0.1) is 0 Å². The molecule has 1 fully saturated rings. The minimum atomic E-state index is -1.07. The lowest BCUT2D eigenvalue weighted by Gasteiger charge is -2.18. The van der Waals surface area contributed by atoms with Gasteiger partial charge in [0.15, 0.2) is 5.82 Å². The summed E-state index contributed by atoms with van der Waals surface area (Å²) in [7, 11) is 0. The second kappa shape index (κ2) is 6.23. The molecule has 0 aromatic carbocycles. The molecule has 128 valence electrons. The molecule has 0 bridgehead atoms. The first-order valence-electron chi connectivity index (χ1n) is 7.43. The van der Waals surface area contributed by atoms with Gasteiger partial charge in [0.1, 0.15) is 10.7 Å². The largest absolute Gasteiger partial charge is 0.365 e. The number of nitrogens with two attached hydrogens (primary N) is 1. The average molecular weight is 342 g/mol. The highest BCUT2D eigenvalue weighted by Gasteiger charge is 2.28. The van der Waals surface area contributed by atoms with E-state index in [1.165, 1.54) is 12.3 Å². The minimum Gasteiger partial charge on any atom is -0.365 e. The SMILES string of the molecule is C=CC(=O)N[C@H]1CCN(c2ncc(C(N)=O)c3c2=NC(=O)C(=O)N=3)C1. The summed E-state index contributed by atoms with van der Waals surface area (Å²) in [6.07, 6.45) is 3.04. The number of hydrogen-bond donors (Lipinski definition) is 2. The molecule has 1 aromatic heterocycles. The molecule has 3 heterocycles. The zero-order chi connectivity index (χ0) is 18.1. The highest BCUT2D eigenvalue weighted by molar-refractivity contribution is 6.36. The molecule has 3 rings (SSSR count). The Kier molecular flexibility index (Phi) is 4.09. The Bertz CT molecular complexity index is 938. The van der Waals surface area contributed by atoms with E-state index in [1.807, 2.05) is 0 Å². The molecule has 1 aromatic rings. The van der Waals surface area contributed by atoms with E-state index in [1.54, 1.807) is 4.90 Å². The summed E-state index contributed by atoms with van der Waals surface area (Å²) in [6.45, 7) is 4.36. The Morgan fingerprint density at radius 3 is 2.60 bits per heavy atom. The standard InChI is InChI=1S/C15H14N6O4/c1-2-9(22)18-7-3-4-21(6-7)13-11-10(8(5-17-13)12(16)23)19-14(24)15(25)20-11/h2,5,7H,1,3-4,6H2,(H2,16,23)(H,18,22)/t7-/m0/s1. The summed E-state index contributed by atoms with van der Waals surface area (Å²) in [4.78, 5) is 59.4. The van der Waals surface area contributed by atoms with Gasteiger partial charge >= 0.3 is 11.8 Å². The molecule has 10 heteroatoms. The third kappa shape index (κ3) is 3.01. The first-order valence-corrected chi connectivity index (χ1v) is 7.43. The monoisotopic (exact) mass is 342 g/mol. The highest BCUT2D eigenvalue weighted by atomic mass is 16.2. The van der Waals surface area contributed by atoms with Crippen LogP contribution in [0.1, 0.15) is 16.8 Å². The van der Waals surface area contributed by atoms with Gasteiger partial charge < -0.3 is 16.0 Å². The van der Waals surface area contributed by atoms with Gasteiger partial charge in [-0.15, -0.1) is 0 Å². The van der Waals surface area contributed by atoms with E-state index in [2.05, 4.69) is 26.9 Å². The molecule has 1 atom stereocenters. The number of fused-ring (bicyclic) bond motifs is 1. The normalized spacial score (nSPS) is 18.9. The van der Waals surface area contributed by atoms with Crippen LogP contribution in [0.2, 0.25) is 0 Å². The predicted octanol–water partition coefficient (Wildman–Crippen LogP) is -2.63. The van der Waals surface area contributed by atoms with E-state index in [4.69, 9.17) is 5.73 Å². The van der Waals surface area contributed by atoms with Gasteiger partial charge in [0.2, 0.25) is 5.91 Å². The van der Waals surface area contributed by atoms with Crippen LogP contribution in [-0.4, -0.2) is 47.7 Å². The van der Waals surface area contributed by atoms with Crippen LogP contribution in [0.4, 0.5) is 5.82 Å². The van der Waals surface area contributed by atoms with Crippen molar-refractivity contribution in [3.63, 3.8) is 0 Å². The maximum Gasteiger partial charge on any atom is 0.338 e. The van der Waals surface area contributed by atoms with Gasteiger partial charge in [-0.05, 0) is 12.5 Å². The van der Waals surface area contributed by atoms with E-state index in [0.717, 1.165) is 0 Å². The van der Waals surface area contributed by atoms with Gasteiger partial charge in [0.05, 0.1) is 5.56 Å². The first kappa shape index (κ1) is 16.4. The molecule has 0 aliphatic carbocycles. The lowest BCUT2D eigenvalue weighted by molar-refractivity contribution is -0.135. The van der Waals surface area contributed by atoms with E-state index >= 15 is 0 Å². The average Bonchev–Trinajstić information content (AvgIpc) is 3.02. The Balaban J connectivity index is 2.03. The Labute approximate surface area is 141 Å². The lowest BCUT2D eigenvalue weighted by atomic mass is 10.2. The minimum absolute atomic E-state index is 0.0385.